The van der Waals surface area contributed by atoms with Gasteiger partial charge >= 0.3 is 0 Å². The van der Waals surface area contributed by atoms with Crippen molar-refractivity contribution in [3.8, 4) is 5.75 Å². The molecule has 1 heterocycles. The van der Waals surface area contributed by atoms with Crippen molar-refractivity contribution in [2.24, 2.45) is 0 Å². The van der Waals surface area contributed by atoms with Gasteiger partial charge in [-0.15, -0.1) is 0 Å². The van der Waals surface area contributed by atoms with Gasteiger partial charge in [0.25, 0.3) is 0 Å². The number of aromatic nitrogens is 1. The van der Waals surface area contributed by atoms with E-state index in [-0.39, 0.29) is 0 Å². The van der Waals surface area contributed by atoms with E-state index >= 15 is 0 Å². The summed E-state index contributed by atoms with van der Waals surface area (Å²) in [5, 5.41) is 10.3. The molecule has 0 radical (unpaired) electrons. The first-order chi connectivity index (χ1) is 9.28. The normalized spacial score (nSPS) is 12.5. The predicted molar refractivity (Wildman–Crippen MR) is 71.1 cm³/mol. The number of methoxy groups -OCH3 is 1. The maximum absolute atomic E-state index is 10.3. The minimum atomic E-state index is -0.877. The smallest absolute Gasteiger partial charge is 0.228 e. The van der Waals surface area contributed by atoms with Crippen molar-refractivity contribution in [2.45, 2.75) is 6.10 Å². The topological polar surface area (TPSA) is 55.5 Å². The van der Waals surface area contributed by atoms with Crippen molar-refractivity contribution in [1.29, 1.82) is 0 Å². The number of aliphatic hydroxyl groups excluding tert-OH is 1. The van der Waals surface area contributed by atoms with Crippen LogP contribution in [0.15, 0.2) is 52.9 Å². The molecule has 0 aliphatic rings. The maximum Gasteiger partial charge on any atom is 0.228 e. The standard InChI is InChI=1S/C15H13NO3/c1-18-11-8-6-10(7-9-11)14(17)15-16-12-4-2-3-5-13(12)19-15/h2-9,14,17H,1H3. The molecule has 0 fully saturated rings. The lowest BCUT2D eigenvalue weighted by molar-refractivity contribution is 0.185. The molecule has 0 spiro atoms. The highest BCUT2D eigenvalue weighted by Gasteiger charge is 2.17. The van der Waals surface area contributed by atoms with Gasteiger partial charge in [0.15, 0.2) is 11.7 Å². The van der Waals surface area contributed by atoms with Crippen LogP contribution < -0.4 is 4.74 Å². The summed E-state index contributed by atoms with van der Waals surface area (Å²) in [5.74, 6) is 1.04. The highest BCUT2D eigenvalue weighted by Crippen LogP contribution is 2.26. The van der Waals surface area contributed by atoms with Crippen LogP contribution in [-0.4, -0.2) is 17.2 Å². The van der Waals surface area contributed by atoms with Crippen LogP contribution in [0, 0.1) is 0 Å². The molecule has 0 saturated carbocycles. The number of rotatable bonds is 3. The second-order valence-corrected chi connectivity index (χ2v) is 4.20. The highest BCUT2D eigenvalue weighted by atomic mass is 16.5. The molecule has 4 nitrogen and oxygen atoms in total. The number of ether oxygens (including phenoxy) is 1. The average molecular weight is 255 g/mol. The van der Waals surface area contributed by atoms with Gasteiger partial charge in [-0.3, -0.25) is 0 Å². The molecule has 0 amide bonds. The Morgan fingerprint density at radius 2 is 1.84 bits per heavy atom. The van der Waals surface area contributed by atoms with Crippen LogP contribution >= 0.6 is 0 Å². The Labute approximate surface area is 110 Å². The molecule has 0 aliphatic carbocycles. The van der Waals surface area contributed by atoms with Crippen molar-refractivity contribution in [1.82, 2.24) is 4.98 Å². The van der Waals surface area contributed by atoms with Gasteiger partial charge in [-0.2, -0.15) is 0 Å². The van der Waals surface area contributed by atoms with Crippen LogP contribution in [0.25, 0.3) is 11.1 Å². The number of nitrogens with zero attached hydrogens (tertiary/aromatic N) is 1. The number of aliphatic hydroxyl groups is 1. The van der Waals surface area contributed by atoms with E-state index in [2.05, 4.69) is 4.98 Å². The van der Waals surface area contributed by atoms with Gasteiger partial charge in [-0.1, -0.05) is 24.3 Å². The zero-order valence-corrected chi connectivity index (χ0v) is 10.4. The summed E-state index contributed by atoms with van der Waals surface area (Å²) in [4.78, 5) is 4.28. The SMILES string of the molecule is COc1ccc(C(O)c2nc3ccccc3o2)cc1. The Kier molecular flexibility index (Phi) is 2.93. The molecule has 0 aliphatic heterocycles. The van der Waals surface area contributed by atoms with E-state index in [0.29, 0.717) is 17.0 Å². The third-order valence-corrected chi connectivity index (χ3v) is 2.98. The molecule has 96 valence electrons. The predicted octanol–water partition coefficient (Wildman–Crippen LogP) is 2.92. The van der Waals surface area contributed by atoms with E-state index in [0.717, 1.165) is 11.3 Å². The number of para-hydroxylation sites is 2. The van der Waals surface area contributed by atoms with Crippen molar-refractivity contribution in [3.63, 3.8) is 0 Å². The first-order valence-corrected chi connectivity index (χ1v) is 5.95. The lowest BCUT2D eigenvalue weighted by Gasteiger charge is -2.07. The fourth-order valence-electron chi connectivity index (χ4n) is 1.94. The zero-order chi connectivity index (χ0) is 13.2. The fraction of sp³-hybridized carbons (Fsp3) is 0.133. The largest absolute Gasteiger partial charge is 0.497 e. The van der Waals surface area contributed by atoms with Gasteiger partial charge in [-0.25, -0.2) is 4.98 Å². The summed E-state index contributed by atoms with van der Waals surface area (Å²) in [6.45, 7) is 0. The molecule has 4 heteroatoms. The molecular weight excluding hydrogens is 242 g/mol. The van der Waals surface area contributed by atoms with Crippen LogP contribution in [-0.2, 0) is 0 Å². The Morgan fingerprint density at radius 1 is 1.11 bits per heavy atom. The second-order valence-electron chi connectivity index (χ2n) is 4.20. The summed E-state index contributed by atoms with van der Waals surface area (Å²) in [5.41, 5.74) is 2.13. The van der Waals surface area contributed by atoms with Gasteiger partial charge in [0.2, 0.25) is 5.89 Å². The first kappa shape index (κ1) is 11.7. The number of oxazole rings is 1. The van der Waals surface area contributed by atoms with Gasteiger partial charge in [0.1, 0.15) is 11.3 Å². The Balaban J connectivity index is 1.95. The van der Waals surface area contributed by atoms with E-state index in [9.17, 15) is 5.11 Å². The Hall–Kier alpha value is -2.33. The summed E-state index contributed by atoms with van der Waals surface area (Å²) in [6, 6.07) is 14.6. The molecule has 2 aromatic carbocycles. The average Bonchev–Trinajstić information content (AvgIpc) is 2.90. The lowest BCUT2D eigenvalue weighted by atomic mass is 10.1. The number of hydrogen-bond donors (Lipinski definition) is 1. The Morgan fingerprint density at radius 3 is 2.53 bits per heavy atom. The quantitative estimate of drug-likeness (QED) is 0.781. The van der Waals surface area contributed by atoms with E-state index < -0.39 is 6.10 Å². The van der Waals surface area contributed by atoms with Crippen molar-refractivity contribution in [3.05, 3.63) is 60.0 Å². The Bertz CT molecular complexity index is 655. The molecule has 0 saturated heterocycles. The summed E-state index contributed by atoms with van der Waals surface area (Å²) in [7, 11) is 1.60. The van der Waals surface area contributed by atoms with E-state index in [1.54, 1.807) is 31.4 Å². The third kappa shape index (κ3) is 2.18. The van der Waals surface area contributed by atoms with E-state index in [1.807, 2.05) is 24.3 Å². The second kappa shape index (κ2) is 4.74. The lowest BCUT2D eigenvalue weighted by Crippen LogP contribution is -1.99. The molecule has 1 unspecified atom stereocenters. The van der Waals surface area contributed by atoms with Crippen molar-refractivity contribution in [2.75, 3.05) is 7.11 Å². The van der Waals surface area contributed by atoms with Crippen LogP contribution in [0.2, 0.25) is 0 Å². The van der Waals surface area contributed by atoms with E-state index in [4.69, 9.17) is 9.15 Å². The molecule has 1 N–H and O–H groups in total. The molecule has 0 bridgehead atoms. The number of fused-ring (bicyclic) bond motifs is 1. The minimum absolute atomic E-state index is 0.298. The summed E-state index contributed by atoms with van der Waals surface area (Å²) < 4.78 is 10.6. The van der Waals surface area contributed by atoms with Crippen LogP contribution in [0.5, 0.6) is 5.75 Å². The van der Waals surface area contributed by atoms with Crippen LogP contribution in [0.1, 0.15) is 17.6 Å². The number of hydrogen-bond acceptors (Lipinski definition) is 4. The van der Waals surface area contributed by atoms with Crippen molar-refractivity contribution < 1.29 is 14.3 Å². The summed E-state index contributed by atoms with van der Waals surface area (Å²) in [6.07, 6.45) is -0.877. The molecule has 1 aromatic heterocycles. The van der Waals surface area contributed by atoms with Gasteiger partial charge < -0.3 is 14.3 Å². The monoisotopic (exact) mass is 255 g/mol. The van der Waals surface area contributed by atoms with Crippen molar-refractivity contribution >= 4 is 11.1 Å². The van der Waals surface area contributed by atoms with Gasteiger partial charge in [0.05, 0.1) is 7.11 Å². The molecular formula is C15H13NO3. The maximum atomic E-state index is 10.3. The van der Waals surface area contributed by atoms with Gasteiger partial charge in [0, 0.05) is 0 Å². The van der Waals surface area contributed by atoms with E-state index in [1.165, 1.54) is 0 Å². The molecule has 1 atom stereocenters. The fourth-order valence-corrected chi connectivity index (χ4v) is 1.94. The zero-order valence-electron chi connectivity index (χ0n) is 10.4. The third-order valence-electron chi connectivity index (χ3n) is 2.98. The van der Waals surface area contributed by atoms with Crippen LogP contribution in [0.3, 0.4) is 0 Å². The summed E-state index contributed by atoms with van der Waals surface area (Å²) >= 11 is 0. The minimum Gasteiger partial charge on any atom is -0.497 e. The molecule has 3 rings (SSSR count). The molecule has 3 aromatic rings. The first-order valence-electron chi connectivity index (χ1n) is 5.95. The molecule has 19 heavy (non-hydrogen) atoms. The number of benzene rings is 2. The van der Waals surface area contributed by atoms with Crippen LogP contribution in [0.4, 0.5) is 0 Å². The highest BCUT2D eigenvalue weighted by molar-refractivity contribution is 5.72. The van der Waals surface area contributed by atoms with Gasteiger partial charge in [-0.05, 0) is 29.8 Å².